The molecule has 0 aromatic heterocycles. The summed E-state index contributed by atoms with van der Waals surface area (Å²) in [4.78, 5) is 11.9. The van der Waals surface area contributed by atoms with Gasteiger partial charge in [-0.25, -0.2) is 0 Å². The molecule has 0 fully saturated rings. The molecule has 2 aromatic rings. The summed E-state index contributed by atoms with van der Waals surface area (Å²) in [5.74, 6) is -0.225. The highest BCUT2D eigenvalue weighted by atomic mass is 32.3. The molecule has 0 heterocycles. The molecule has 2 aromatic carbocycles. The van der Waals surface area contributed by atoms with E-state index in [-0.39, 0.29) is 23.8 Å². The van der Waals surface area contributed by atoms with Crippen LogP contribution in [0.1, 0.15) is 17.5 Å². The fourth-order valence-corrected chi connectivity index (χ4v) is 3.07. The Bertz CT molecular complexity index is 1030. The highest BCUT2D eigenvalue weighted by molar-refractivity contribution is 7.81. The van der Waals surface area contributed by atoms with Crippen LogP contribution in [0.2, 0.25) is 0 Å². The molecule has 158 valence electrons. The van der Waals surface area contributed by atoms with Crippen LogP contribution in [0.5, 0.6) is 11.5 Å². The van der Waals surface area contributed by atoms with Crippen molar-refractivity contribution >= 4 is 26.7 Å². The summed E-state index contributed by atoms with van der Waals surface area (Å²) in [5.41, 5.74) is 1.62. The SMILES string of the molecule is O=C(CCc1ccc(OS(=O)(=O)O)cc1)NCCc1ccc(OS(=O)(=O)O)cc1. The van der Waals surface area contributed by atoms with E-state index in [2.05, 4.69) is 13.7 Å². The number of carbonyl (C=O) groups is 1. The van der Waals surface area contributed by atoms with E-state index in [0.717, 1.165) is 11.1 Å². The van der Waals surface area contributed by atoms with E-state index in [9.17, 15) is 21.6 Å². The lowest BCUT2D eigenvalue weighted by Gasteiger charge is -2.07. The van der Waals surface area contributed by atoms with Crippen LogP contribution in [0.15, 0.2) is 48.5 Å². The lowest BCUT2D eigenvalue weighted by molar-refractivity contribution is -0.121. The molecule has 0 aliphatic heterocycles. The Balaban J connectivity index is 1.72. The van der Waals surface area contributed by atoms with Gasteiger partial charge in [-0.2, -0.15) is 16.8 Å². The molecule has 0 spiro atoms. The van der Waals surface area contributed by atoms with Crippen LogP contribution < -0.4 is 13.7 Å². The Morgan fingerprint density at radius 1 is 0.759 bits per heavy atom. The molecule has 2 rings (SSSR count). The lowest BCUT2D eigenvalue weighted by Crippen LogP contribution is -2.25. The van der Waals surface area contributed by atoms with Crippen LogP contribution in [0.25, 0.3) is 0 Å². The van der Waals surface area contributed by atoms with E-state index in [1.807, 2.05) is 0 Å². The maximum atomic E-state index is 11.9. The van der Waals surface area contributed by atoms with Crippen molar-refractivity contribution in [2.75, 3.05) is 6.54 Å². The summed E-state index contributed by atoms with van der Waals surface area (Å²) >= 11 is 0. The third kappa shape index (κ3) is 9.38. The minimum atomic E-state index is -4.57. The molecule has 1 amide bonds. The van der Waals surface area contributed by atoms with E-state index in [0.29, 0.717) is 19.4 Å². The topological polar surface area (TPSA) is 156 Å². The molecule has 0 saturated heterocycles. The lowest BCUT2D eigenvalue weighted by atomic mass is 10.1. The minimum absolute atomic E-state index is 0.0201. The van der Waals surface area contributed by atoms with Crippen molar-refractivity contribution in [3.05, 3.63) is 59.7 Å². The first-order valence-corrected chi connectivity index (χ1v) is 11.0. The Labute approximate surface area is 168 Å². The summed E-state index contributed by atoms with van der Waals surface area (Å²) in [5, 5.41) is 2.75. The van der Waals surface area contributed by atoms with Crippen LogP contribution in [-0.4, -0.2) is 38.4 Å². The van der Waals surface area contributed by atoms with Crippen molar-refractivity contribution in [1.82, 2.24) is 5.32 Å². The third-order valence-corrected chi connectivity index (χ3v) is 4.43. The van der Waals surface area contributed by atoms with Gasteiger partial charge >= 0.3 is 20.8 Å². The van der Waals surface area contributed by atoms with E-state index in [4.69, 9.17) is 9.11 Å². The quantitative estimate of drug-likeness (QED) is 0.459. The van der Waals surface area contributed by atoms with Crippen LogP contribution in [0.4, 0.5) is 0 Å². The molecule has 0 bridgehead atoms. The van der Waals surface area contributed by atoms with Crippen LogP contribution >= 0.6 is 0 Å². The molecular weight excluding hydrogens is 426 g/mol. The fourth-order valence-electron chi connectivity index (χ4n) is 2.36. The van der Waals surface area contributed by atoms with Crippen molar-refractivity contribution in [2.45, 2.75) is 19.3 Å². The Morgan fingerprint density at radius 2 is 1.17 bits per heavy atom. The van der Waals surface area contributed by atoms with Gasteiger partial charge in [0.1, 0.15) is 11.5 Å². The summed E-state index contributed by atoms with van der Waals surface area (Å²) in [6.07, 6.45) is 1.17. The molecule has 29 heavy (non-hydrogen) atoms. The molecule has 0 atom stereocenters. The van der Waals surface area contributed by atoms with Gasteiger partial charge in [-0.05, 0) is 48.2 Å². The molecule has 10 nitrogen and oxygen atoms in total. The van der Waals surface area contributed by atoms with Crippen molar-refractivity contribution in [2.24, 2.45) is 0 Å². The molecule has 0 saturated carbocycles. The van der Waals surface area contributed by atoms with Crippen LogP contribution in [0.3, 0.4) is 0 Å². The number of rotatable bonds is 10. The molecule has 0 unspecified atom stereocenters. The van der Waals surface area contributed by atoms with Gasteiger partial charge in [-0.3, -0.25) is 13.9 Å². The minimum Gasteiger partial charge on any atom is -0.362 e. The normalized spacial score (nSPS) is 11.7. The van der Waals surface area contributed by atoms with Crippen LogP contribution in [0, 0.1) is 0 Å². The van der Waals surface area contributed by atoms with Crippen molar-refractivity contribution in [3.63, 3.8) is 0 Å². The zero-order valence-electron chi connectivity index (χ0n) is 15.0. The summed E-state index contributed by atoms with van der Waals surface area (Å²) in [7, 11) is -9.13. The highest BCUT2D eigenvalue weighted by Crippen LogP contribution is 2.15. The van der Waals surface area contributed by atoms with E-state index < -0.39 is 20.8 Å². The Hall–Kier alpha value is -2.67. The van der Waals surface area contributed by atoms with Gasteiger partial charge in [0.05, 0.1) is 0 Å². The second-order valence-corrected chi connectivity index (χ2v) is 7.95. The second kappa shape index (κ2) is 9.69. The number of hydrogen-bond acceptors (Lipinski definition) is 7. The fraction of sp³-hybridized carbons (Fsp3) is 0.235. The van der Waals surface area contributed by atoms with Gasteiger partial charge in [-0.1, -0.05) is 24.3 Å². The average molecular weight is 445 g/mol. The second-order valence-electron chi connectivity index (χ2n) is 5.91. The van der Waals surface area contributed by atoms with Gasteiger partial charge in [0.2, 0.25) is 5.91 Å². The number of benzene rings is 2. The highest BCUT2D eigenvalue weighted by Gasteiger charge is 2.08. The number of amides is 1. The van der Waals surface area contributed by atoms with E-state index in [1.54, 1.807) is 24.3 Å². The number of aryl methyl sites for hydroxylation is 1. The van der Waals surface area contributed by atoms with E-state index >= 15 is 0 Å². The predicted octanol–water partition coefficient (Wildman–Crippen LogP) is 1.34. The largest absolute Gasteiger partial charge is 0.446 e. The zero-order chi connectivity index (χ0) is 21.5. The number of nitrogens with one attached hydrogen (secondary N) is 1. The first-order chi connectivity index (χ1) is 13.5. The van der Waals surface area contributed by atoms with E-state index in [1.165, 1.54) is 24.3 Å². The summed E-state index contributed by atoms with van der Waals surface area (Å²) < 4.78 is 68.3. The molecule has 0 aliphatic carbocycles. The average Bonchev–Trinajstić information content (AvgIpc) is 2.60. The Morgan fingerprint density at radius 3 is 1.59 bits per heavy atom. The molecule has 3 N–H and O–H groups in total. The summed E-state index contributed by atoms with van der Waals surface area (Å²) in [6.45, 7) is 0.373. The van der Waals surface area contributed by atoms with Gasteiger partial charge in [0, 0.05) is 13.0 Å². The van der Waals surface area contributed by atoms with Crippen molar-refractivity contribution < 1.29 is 39.1 Å². The number of carbonyl (C=O) groups excluding carboxylic acids is 1. The first-order valence-electron chi connectivity index (χ1n) is 8.28. The third-order valence-electron chi connectivity index (χ3n) is 3.63. The maximum absolute atomic E-state index is 11.9. The van der Waals surface area contributed by atoms with Crippen molar-refractivity contribution in [3.8, 4) is 11.5 Å². The molecule has 0 aliphatic rings. The number of hydrogen-bond donors (Lipinski definition) is 3. The first kappa shape index (κ1) is 22.6. The monoisotopic (exact) mass is 445 g/mol. The summed E-state index contributed by atoms with van der Waals surface area (Å²) in [6, 6.07) is 11.9. The molecule has 12 heteroatoms. The van der Waals surface area contributed by atoms with Gasteiger partial charge in [0.25, 0.3) is 0 Å². The van der Waals surface area contributed by atoms with Crippen LogP contribution in [-0.2, 0) is 38.4 Å². The predicted molar refractivity (Wildman–Crippen MR) is 102 cm³/mol. The van der Waals surface area contributed by atoms with Crippen molar-refractivity contribution in [1.29, 1.82) is 0 Å². The zero-order valence-corrected chi connectivity index (χ0v) is 16.6. The molecular formula is C17H19NO9S2. The molecule has 0 radical (unpaired) electrons. The smallest absolute Gasteiger partial charge is 0.362 e. The standard InChI is InChI=1S/C17H19NO9S2/c19-17(10-5-13-1-6-15(7-2-13)26-28(20,21)22)18-12-11-14-3-8-16(9-4-14)27-29(23,24)25/h1-4,6-9H,5,10-12H2,(H,18,19)(H,20,21,22)(H,23,24,25). The van der Waals surface area contributed by atoms with Gasteiger partial charge in [-0.15, -0.1) is 0 Å². The Kier molecular flexibility index (Phi) is 7.56. The maximum Gasteiger partial charge on any atom is 0.446 e. The van der Waals surface area contributed by atoms with Gasteiger partial charge in [0.15, 0.2) is 0 Å². The van der Waals surface area contributed by atoms with Gasteiger partial charge < -0.3 is 13.7 Å².